The van der Waals surface area contributed by atoms with Crippen LogP contribution in [0.1, 0.15) is 31.9 Å². The largest absolute Gasteiger partial charge is 0.405 e. The molecule has 0 heterocycles. The number of halogens is 4. The molecule has 0 spiro atoms. The van der Waals surface area contributed by atoms with E-state index in [1.54, 1.807) is 6.92 Å². The fraction of sp³-hybridized carbons (Fsp3) is 0.538. The molecule has 0 unspecified atom stereocenters. The van der Waals surface area contributed by atoms with E-state index >= 15 is 0 Å². The average Bonchev–Trinajstić information content (AvgIpc) is 2.26. The predicted molar refractivity (Wildman–Crippen MR) is 65.6 cm³/mol. The first kappa shape index (κ1) is 15.8. The summed E-state index contributed by atoms with van der Waals surface area (Å²) in [5.74, 6) is -0.754. The van der Waals surface area contributed by atoms with Gasteiger partial charge in [0.2, 0.25) is 0 Å². The number of alkyl halides is 3. The van der Waals surface area contributed by atoms with Crippen LogP contribution in [0.3, 0.4) is 0 Å². The van der Waals surface area contributed by atoms with Gasteiger partial charge >= 0.3 is 6.18 Å². The second-order valence-corrected chi connectivity index (χ2v) is 4.39. The third kappa shape index (κ3) is 4.38. The highest BCUT2D eigenvalue weighted by molar-refractivity contribution is 5.56. The van der Waals surface area contributed by atoms with Crippen molar-refractivity contribution in [2.45, 2.75) is 32.5 Å². The van der Waals surface area contributed by atoms with Gasteiger partial charge in [-0.15, -0.1) is 0 Å². The first-order chi connectivity index (χ1) is 8.76. The molecule has 6 heteroatoms. The molecule has 0 fully saturated rings. The van der Waals surface area contributed by atoms with Crippen LogP contribution in [0.4, 0.5) is 23.2 Å². The SMILES string of the molecule is CCCN(CC(F)(F)F)c1c(F)cccc1[C@@H](C)O. The molecular weight excluding hydrogens is 262 g/mol. The van der Waals surface area contributed by atoms with Gasteiger partial charge in [-0.25, -0.2) is 4.39 Å². The van der Waals surface area contributed by atoms with Gasteiger partial charge in [-0.2, -0.15) is 13.2 Å². The van der Waals surface area contributed by atoms with Gasteiger partial charge in [0.1, 0.15) is 12.4 Å². The van der Waals surface area contributed by atoms with Gasteiger partial charge in [0.15, 0.2) is 0 Å². The topological polar surface area (TPSA) is 23.5 Å². The minimum Gasteiger partial charge on any atom is -0.389 e. The summed E-state index contributed by atoms with van der Waals surface area (Å²) in [5, 5.41) is 9.57. The molecule has 1 aromatic rings. The van der Waals surface area contributed by atoms with Crippen LogP contribution in [0.2, 0.25) is 0 Å². The van der Waals surface area contributed by atoms with Crippen molar-refractivity contribution in [1.82, 2.24) is 0 Å². The summed E-state index contributed by atoms with van der Waals surface area (Å²) >= 11 is 0. The van der Waals surface area contributed by atoms with Crippen LogP contribution in [0.5, 0.6) is 0 Å². The molecule has 1 aromatic carbocycles. The smallest absolute Gasteiger partial charge is 0.389 e. The second kappa shape index (κ2) is 6.23. The molecule has 0 aromatic heterocycles. The number of para-hydroxylation sites is 1. The maximum absolute atomic E-state index is 13.8. The van der Waals surface area contributed by atoms with E-state index in [1.807, 2.05) is 0 Å². The zero-order valence-corrected chi connectivity index (χ0v) is 10.8. The zero-order valence-electron chi connectivity index (χ0n) is 10.8. The van der Waals surface area contributed by atoms with Crippen LogP contribution in [0.15, 0.2) is 18.2 Å². The fourth-order valence-electron chi connectivity index (χ4n) is 1.96. The van der Waals surface area contributed by atoms with E-state index in [2.05, 4.69) is 0 Å². The van der Waals surface area contributed by atoms with Crippen molar-refractivity contribution in [1.29, 1.82) is 0 Å². The Morgan fingerprint density at radius 3 is 2.42 bits per heavy atom. The summed E-state index contributed by atoms with van der Waals surface area (Å²) in [6, 6.07) is 3.90. The van der Waals surface area contributed by atoms with Gasteiger partial charge in [0.05, 0.1) is 11.8 Å². The van der Waals surface area contributed by atoms with Crippen molar-refractivity contribution in [2.75, 3.05) is 18.0 Å². The Morgan fingerprint density at radius 2 is 1.95 bits per heavy atom. The standard InChI is InChI=1S/C13H17F4NO/c1-3-7-18(8-13(15,16)17)12-10(9(2)19)5-4-6-11(12)14/h4-6,9,19H,3,7-8H2,1-2H3/t9-/m1/s1. The molecule has 108 valence electrons. The molecule has 1 N–H and O–H groups in total. The van der Waals surface area contributed by atoms with Crippen LogP contribution in [0, 0.1) is 5.82 Å². The lowest BCUT2D eigenvalue weighted by Gasteiger charge is -2.28. The Bertz CT molecular complexity index is 418. The van der Waals surface area contributed by atoms with Crippen LogP contribution in [0.25, 0.3) is 0 Å². The van der Waals surface area contributed by atoms with Crippen LogP contribution >= 0.6 is 0 Å². The average molecular weight is 279 g/mol. The second-order valence-electron chi connectivity index (χ2n) is 4.39. The highest BCUT2D eigenvalue weighted by atomic mass is 19.4. The van der Waals surface area contributed by atoms with Crippen molar-refractivity contribution in [3.63, 3.8) is 0 Å². The number of hydrogen-bond donors (Lipinski definition) is 1. The zero-order chi connectivity index (χ0) is 14.6. The molecular formula is C13H17F4NO. The molecule has 0 aliphatic carbocycles. The Morgan fingerprint density at radius 1 is 1.32 bits per heavy atom. The molecule has 1 atom stereocenters. The van der Waals surface area contributed by atoms with E-state index in [-0.39, 0.29) is 17.8 Å². The molecule has 0 saturated heterocycles. The number of anilines is 1. The fourth-order valence-corrected chi connectivity index (χ4v) is 1.96. The number of benzene rings is 1. The van der Waals surface area contributed by atoms with Gasteiger partial charge in [-0.05, 0) is 19.4 Å². The first-order valence-corrected chi connectivity index (χ1v) is 6.04. The van der Waals surface area contributed by atoms with Gasteiger partial charge in [-0.1, -0.05) is 19.1 Å². The Hall–Kier alpha value is -1.30. The third-order valence-corrected chi connectivity index (χ3v) is 2.65. The lowest BCUT2D eigenvalue weighted by Crippen LogP contribution is -2.36. The molecule has 1 rings (SSSR count). The first-order valence-electron chi connectivity index (χ1n) is 6.04. The van der Waals surface area contributed by atoms with Gasteiger partial charge in [-0.3, -0.25) is 0 Å². The normalized spacial score (nSPS) is 13.4. The van der Waals surface area contributed by atoms with Gasteiger partial charge in [0, 0.05) is 12.1 Å². The van der Waals surface area contributed by atoms with E-state index in [4.69, 9.17) is 0 Å². The van der Waals surface area contributed by atoms with Crippen LogP contribution in [-0.4, -0.2) is 24.4 Å². The summed E-state index contributed by atoms with van der Waals surface area (Å²) in [7, 11) is 0. The summed E-state index contributed by atoms with van der Waals surface area (Å²) in [6.07, 6.45) is -5.00. The van der Waals surface area contributed by atoms with E-state index in [1.165, 1.54) is 19.1 Å². The van der Waals surface area contributed by atoms with Gasteiger partial charge in [0.25, 0.3) is 0 Å². The van der Waals surface area contributed by atoms with E-state index < -0.39 is 24.6 Å². The lowest BCUT2D eigenvalue weighted by atomic mass is 10.1. The third-order valence-electron chi connectivity index (χ3n) is 2.65. The Kier molecular flexibility index (Phi) is 5.17. The maximum atomic E-state index is 13.8. The van der Waals surface area contributed by atoms with Crippen molar-refractivity contribution in [3.8, 4) is 0 Å². The predicted octanol–water partition coefficient (Wildman–Crippen LogP) is 3.66. The molecule has 0 radical (unpaired) electrons. The molecule has 0 aliphatic rings. The maximum Gasteiger partial charge on any atom is 0.405 e. The minimum absolute atomic E-state index is 0.0696. The van der Waals surface area contributed by atoms with E-state index in [0.29, 0.717) is 6.42 Å². The molecule has 0 bridgehead atoms. The van der Waals surface area contributed by atoms with E-state index in [0.717, 1.165) is 11.0 Å². The molecule has 0 aliphatic heterocycles. The summed E-state index contributed by atoms with van der Waals surface area (Å²) < 4.78 is 51.5. The van der Waals surface area contributed by atoms with Crippen LogP contribution < -0.4 is 4.90 Å². The summed E-state index contributed by atoms with van der Waals surface area (Å²) in [5.41, 5.74) is -0.00521. The highest BCUT2D eigenvalue weighted by Gasteiger charge is 2.32. The quantitative estimate of drug-likeness (QED) is 0.831. The number of nitrogens with zero attached hydrogens (tertiary/aromatic N) is 1. The summed E-state index contributed by atoms with van der Waals surface area (Å²) in [6.45, 7) is 1.95. The molecule has 0 amide bonds. The monoisotopic (exact) mass is 279 g/mol. The van der Waals surface area contributed by atoms with Gasteiger partial charge < -0.3 is 10.0 Å². The van der Waals surface area contributed by atoms with Crippen molar-refractivity contribution >= 4 is 5.69 Å². The van der Waals surface area contributed by atoms with Crippen LogP contribution in [-0.2, 0) is 0 Å². The molecule has 19 heavy (non-hydrogen) atoms. The minimum atomic E-state index is -4.42. The summed E-state index contributed by atoms with van der Waals surface area (Å²) in [4.78, 5) is 0.928. The Balaban J connectivity index is 3.21. The number of aliphatic hydroxyl groups excluding tert-OH is 1. The molecule has 2 nitrogen and oxygen atoms in total. The Labute approximate surface area is 109 Å². The van der Waals surface area contributed by atoms with E-state index in [9.17, 15) is 22.7 Å². The van der Waals surface area contributed by atoms with Crippen molar-refractivity contribution < 1.29 is 22.7 Å². The lowest BCUT2D eigenvalue weighted by molar-refractivity contribution is -0.119. The van der Waals surface area contributed by atoms with Crippen molar-refractivity contribution in [3.05, 3.63) is 29.6 Å². The highest BCUT2D eigenvalue weighted by Crippen LogP contribution is 2.31. The number of aliphatic hydroxyl groups is 1. The van der Waals surface area contributed by atoms with Crippen molar-refractivity contribution in [2.24, 2.45) is 0 Å². The number of hydrogen-bond acceptors (Lipinski definition) is 2. The molecule has 0 saturated carbocycles. The number of rotatable bonds is 5.